The minimum absolute atomic E-state index is 1.08. The molecule has 3 rings (SSSR count). The number of hydrogen-bond donors (Lipinski definition) is 0. The van der Waals surface area contributed by atoms with Gasteiger partial charge in [-0.1, -0.05) is 13.8 Å². The van der Waals surface area contributed by atoms with Crippen LogP contribution in [0.2, 0.25) is 0 Å². The molecule has 3 aliphatic carbocycles. The molecule has 0 spiro atoms. The zero-order valence-electron chi connectivity index (χ0n) is 7.59. The van der Waals surface area contributed by atoms with Gasteiger partial charge in [0.05, 0.1) is 0 Å². The average molecular weight is 150 g/mol. The highest BCUT2D eigenvalue weighted by Crippen LogP contribution is 2.64. The summed E-state index contributed by atoms with van der Waals surface area (Å²) in [4.78, 5) is 0. The summed E-state index contributed by atoms with van der Waals surface area (Å²) in [5, 5.41) is 0. The molecule has 4 unspecified atom stereocenters. The van der Waals surface area contributed by atoms with E-state index in [9.17, 15) is 0 Å². The maximum Gasteiger partial charge on any atom is -0.0349 e. The standard InChI is InChI=1S/C11H18/c1-6-8-3-4-9-7(2)10(6)5-11(8)9/h6-11H,3-5H2,1-2H3. The van der Waals surface area contributed by atoms with Gasteiger partial charge in [0.15, 0.2) is 0 Å². The van der Waals surface area contributed by atoms with Crippen LogP contribution < -0.4 is 0 Å². The summed E-state index contributed by atoms with van der Waals surface area (Å²) in [5.74, 6) is 6.76. The topological polar surface area (TPSA) is 0 Å². The van der Waals surface area contributed by atoms with Gasteiger partial charge in [-0.2, -0.15) is 0 Å². The van der Waals surface area contributed by atoms with Gasteiger partial charge in [0, 0.05) is 0 Å². The predicted molar refractivity (Wildman–Crippen MR) is 46.1 cm³/mol. The fourth-order valence-corrected chi connectivity index (χ4v) is 4.64. The van der Waals surface area contributed by atoms with Crippen molar-refractivity contribution in [3.8, 4) is 0 Å². The van der Waals surface area contributed by atoms with Gasteiger partial charge in [0.2, 0.25) is 0 Å². The van der Waals surface area contributed by atoms with Crippen molar-refractivity contribution in [3.05, 3.63) is 0 Å². The van der Waals surface area contributed by atoms with Crippen LogP contribution in [0.3, 0.4) is 0 Å². The van der Waals surface area contributed by atoms with Crippen molar-refractivity contribution in [2.75, 3.05) is 0 Å². The van der Waals surface area contributed by atoms with Crippen molar-refractivity contribution in [2.45, 2.75) is 33.1 Å². The van der Waals surface area contributed by atoms with E-state index in [1.165, 1.54) is 5.92 Å². The van der Waals surface area contributed by atoms with Gasteiger partial charge in [0.1, 0.15) is 0 Å². The van der Waals surface area contributed by atoms with Gasteiger partial charge >= 0.3 is 0 Å². The summed E-state index contributed by atoms with van der Waals surface area (Å²) >= 11 is 0. The highest BCUT2D eigenvalue weighted by molar-refractivity contribution is 5.06. The third-order valence-corrected chi connectivity index (χ3v) is 5.18. The molecule has 0 heteroatoms. The Morgan fingerprint density at radius 3 is 1.73 bits per heavy atom. The van der Waals surface area contributed by atoms with Crippen LogP contribution in [-0.4, -0.2) is 0 Å². The Labute approximate surface area is 69.4 Å². The normalized spacial score (nSPS) is 66.0. The second-order valence-electron chi connectivity index (χ2n) is 5.19. The van der Waals surface area contributed by atoms with Gasteiger partial charge in [-0.3, -0.25) is 0 Å². The first-order chi connectivity index (χ1) is 5.29. The van der Waals surface area contributed by atoms with E-state index in [0.717, 1.165) is 29.6 Å². The van der Waals surface area contributed by atoms with E-state index in [0.29, 0.717) is 0 Å². The summed E-state index contributed by atoms with van der Waals surface area (Å²) in [6.07, 6.45) is 4.73. The lowest BCUT2D eigenvalue weighted by molar-refractivity contribution is 0.179. The minimum Gasteiger partial charge on any atom is -0.0620 e. The Balaban J connectivity index is 2.01. The molecule has 0 heterocycles. The van der Waals surface area contributed by atoms with Crippen molar-refractivity contribution < 1.29 is 0 Å². The van der Waals surface area contributed by atoms with Crippen molar-refractivity contribution in [1.82, 2.24) is 0 Å². The van der Waals surface area contributed by atoms with E-state index >= 15 is 0 Å². The van der Waals surface area contributed by atoms with Crippen molar-refractivity contribution in [3.63, 3.8) is 0 Å². The van der Waals surface area contributed by atoms with E-state index in [-0.39, 0.29) is 0 Å². The molecule has 0 aromatic heterocycles. The number of fused-ring (bicyclic) bond motifs is 1. The van der Waals surface area contributed by atoms with Crippen LogP contribution in [0.5, 0.6) is 0 Å². The van der Waals surface area contributed by atoms with Crippen LogP contribution in [0.1, 0.15) is 33.1 Å². The molecule has 0 saturated heterocycles. The van der Waals surface area contributed by atoms with Crippen LogP contribution >= 0.6 is 0 Å². The molecule has 0 radical (unpaired) electrons. The Bertz CT molecular complexity index is 166. The molecule has 62 valence electrons. The molecule has 0 N–H and O–H groups in total. The summed E-state index contributed by atoms with van der Waals surface area (Å²) in [7, 11) is 0. The van der Waals surface area contributed by atoms with Crippen molar-refractivity contribution in [1.29, 1.82) is 0 Å². The Morgan fingerprint density at radius 2 is 1.27 bits per heavy atom. The van der Waals surface area contributed by atoms with Gasteiger partial charge in [-0.15, -0.1) is 0 Å². The second kappa shape index (κ2) is 1.84. The SMILES string of the molecule is CC1C2CC3C1CCC3C2C. The lowest BCUT2D eigenvalue weighted by Crippen LogP contribution is -2.25. The lowest BCUT2D eigenvalue weighted by Gasteiger charge is -2.30. The molecule has 3 saturated carbocycles. The van der Waals surface area contributed by atoms with Gasteiger partial charge in [0.25, 0.3) is 0 Å². The molecule has 0 aromatic rings. The van der Waals surface area contributed by atoms with Crippen LogP contribution in [-0.2, 0) is 0 Å². The summed E-state index contributed by atoms with van der Waals surface area (Å²) in [5.41, 5.74) is 0. The van der Waals surface area contributed by atoms with Crippen LogP contribution in [0, 0.1) is 35.5 Å². The molecule has 0 amide bonds. The van der Waals surface area contributed by atoms with Gasteiger partial charge < -0.3 is 0 Å². The van der Waals surface area contributed by atoms with E-state index in [4.69, 9.17) is 0 Å². The third-order valence-electron chi connectivity index (χ3n) is 5.18. The number of rotatable bonds is 0. The average Bonchev–Trinajstić information content (AvgIpc) is 2.53. The molecule has 11 heavy (non-hydrogen) atoms. The highest BCUT2D eigenvalue weighted by atomic mass is 14.6. The summed E-state index contributed by atoms with van der Waals surface area (Å²) in [6.45, 7) is 5.01. The molecule has 0 aliphatic heterocycles. The van der Waals surface area contributed by atoms with Crippen LogP contribution in [0.15, 0.2) is 0 Å². The maximum atomic E-state index is 2.51. The Morgan fingerprint density at radius 1 is 0.727 bits per heavy atom. The Kier molecular flexibility index (Phi) is 1.09. The quantitative estimate of drug-likeness (QED) is 0.498. The summed E-state index contributed by atoms with van der Waals surface area (Å²) < 4.78 is 0. The molecule has 4 atom stereocenters. The second-order valence-corrected chi connectivity index (χ2v) is 5.19. The first-order valence-electron chi connectivity index (χ1n) is 5.29. The third kappa shape index (κ3) is 0.588. The summed E-state index contributed by atoms with van der Waals surface area (Å²) in [6, 6.07) is 0. The van der Waals surface area contributed by atoms with Gasteiger partial charge in [-0.25, -0.2) is 0 Å². The molecular formula is C11H18. The molecule has 2 bridgehead atoms. The molecule has 3 fully saturated rings. The number of hydrogen-bond acceptors (Lipinski definition) is 0. The van der Waals surface area contributed by atoms with Crippen LogP contribution in [0.4, 0.5) is 0 Å². The Hall–Kier alpha value is 0. The molecule has 0 aromatic carbocycles. The van der Waals surface area contributed by atoms with E-state index in [1.807, 2.05) is 0 Å². The van der Waals surface area contributed by atoms with Crippen molar-refractivity contribution >= 4 is 0 Å². The lowest BCUT2D eigenvalue weighted by atomic mass is 9.75. The fourth-order valence-electron chi connectivity index (χ4n) is 4.64. The predicted octanol–water partition coefficient (Wildman–Crippen LogP) is 2.93. The van der Waals surface area contributed by atoms with E-state index in [2.05, 4.69) is 13.8 Å². The first kappa shape index (κ1) is 6.51. The smallest absolute Gasteiger partial charge is 0.0349 e. The zero-order valence-corrected chi connectivity index (χ0v) is 7.59. The largest absolute Gasteiger partial charge is 0.0620 e. The van der Waals surface area contributed by atoms with Gasteiger partial charge in [-0.05, 0) is 54.8 Å². The van der Waals surface area contributed by atoms with Crippen LogP contribution in [0.25, 0.3) is 0 Å². The highest BCUT2D eigenvalue weighted by Gasteiger charge is 2.57. The minimum atomic E-state index is 1.08. The first-order valence-corrected chi connectivity index (χ1v) is 5.29. The monoisotopic (exact) mass is 150 g/mol. The molecule has 0 nitrogen and oxygen atoms in total. The van der Waals surface area contributed by atoms with E-state index < -0.39 is 0 Å². The van der Waals surface area contributed by atoms with E-state index in [1.54, 1.807) is 19.3 Å². The fraction of sp³-hybridized carbons (Fsp3) is 1.00. The maximum absolute atomic E-state index is 2.51. The zero-order chi connectivity index (χ0) is 7.59. The molecule has 3 aliphatic rings. The van der Waals surface area contributed by atoms with Crippen molar-refractivity contribution in [2.24, 2.45) is 35.5 Å². The molecular weight excluding hydrogens is 132 g/mol.